The van der Waals surface area contributed by atoms with Gasteiger partial charge < -0.3 is 10.5 Å². The molecule has 0 amide bonds. The molecule has 2 N–H and O–H groups in total. The van der Waals surface area contributed by atoms with E-state index in [0.717, 1.165) is 19.3 Å². The first-order valence-electron chi connectivity index (χ1n) is 6.78. The number of benzene rings is 1. The molecule has 0 heterocycles. The number of hydrogen-bond acceptors (Lipinski definition) is 4. The molecule has 0 saturated heterocycles. The van der Waals surface area contributed by atoms with Gasteiger partial charge in [0.1, 0.15) is 11.9 Å². The zero-order chi connectivity index (χ0) is 13.5. The van der Waals surface area contributed by atoms with Crippen molar-refractivity contribution in [3.05, 3.63) is 34.4 Å². The minimum atomic E-state index is -0.398. The van der Waals surface area contributed by atoms with Crippen molar-refractivity contribution in [3.8, 4) is 5.75 Å². The molecule has 5 heteroatoms. The van der Waals surface area contributed by atoms with Crippen LogP contribution in [-0.4, -0.2) is 17.1 Å². The Bertz CT molecular complexity index is 497. The Morgan fingerprint density at radius 2 is 2.11 bits per heavy atom. The van der Waals surface area contributed by atoms with Crippen LogP contribution in [0.1, 0.15) is 32.1 Å². The van der Waals surface area contributed by atoms with Crippen molar-refractivity contribution >= 4 is 5.69 Å². The number of nitrogens with zero attached hydrogens (tertiary/aromatic N) is 1. The summed E-state index contributed by atoms with van der Waals surface area (Å²) < 4.78 is 5.96. The lowest BCUT2D eigenvalue weighted by Gasteiger charge is -2.52. The monoisotopic (exact) mass is 262 g/mol. The molecule has 1 spiro atoms. The highest BCUT2D eigenvalue weighted by molar-refractivity contribution is 5.38. The minimum Gasteiger partial charge on any atom is -0.489 e. The van der Waals surface area contributed by atoms with Crippen LogP contribution in [0.15, 0.2) is 24.3 Å². The van der Waals surface area contributed by atoms with E-state index in [2.05, 4.69) is 0 Å². The molecule has 102 valence electrons. The second-order valence-corrected chi connectivity index (χ2v) is 5.64. The molecule has 2 aliphatic carbocycles. The van der Waals surface area contributed by atoms with Crippen molar-refractivity contribution in [2.24, 2.45) is 11.1 Å². The fourth-order valence-corrected chi connectivity index (χ4v) is 3.50. The highest BCUT2D eigenvalue weighted by atomic mass is 16.6. The lowest BCUT2D eigenvalue weighted by atomic mass is 9.61. The van der Waals surface area contributed by atoms with Gasteiger partial charge in [-0.3, -0.25) is 10.1 Å². The molecule has 2 aliphatic rings. The summed E-state index contributed by atoms with van der Waals surface area (Å²) in [6.07, 6.45) is 5.63. The lowest BCUT2D eigenvalue weighted by Crippen LogP contribution is -2.62. The molecule has 2 saturated carbocycles. The van der Waals surface area contributed by atoms with Crippen LogP contribution in [0, 0.1) is 15.5 Å². The first-order chi connectivity index (χ1) is 9.12. The van der Waals surface area contributed by atoms with Crippen LogP contribution in [0.5, 0.6) is 5.75 Å². The van der Waals surface area contributed by atoms with Gasteiger partial charge in [0, 0.05) is 23.9 Å². The second kappa shape index (κ2) is 4.49. The van der Waals surface area contributed by atoms with Crippen molar-refractivity contribution in [1.82, 2.24) is 0 Å². The largest absolute Gasteiger partial charge is 0.489 e. The number of nitro groups is 1. The van der Waals surface area contributed by atoms with Crippen LogP contribution in [0.25, 0.3) is 0 Å². The molecule has 3 rings (SSSR count). The molecule has 0 radical (unpaired) electrons. The standard InChI is InChI=1S/C14H18N2O3/c15-12-9-13(14(12)6-1-2-7-14)19-11-5-3-4-10(8-11)16(17)18/h3-5,8,12-13H,1-2,6-7,9,15H2. The second-order valence-electron chi connectivity index (χ2n) is 5.64. The predicted octanol–water partition coefficient (Wildman–Crippen LogP) is 2.63. The Morgan fingerprint density at radius 3 is 2.74 bits per heavy atom. The van der Waals surface area contributed by atoms with Gasteiger partial charge >= 0.3 is 0 Å². The third-order valence-corrected chi connectivity index (χ3v) is 4.69. The molecule has 19 heavy (non-hydrogen) atoms. The van der Waals surface area contributed by atoms with Crippen molar-refractivity contribution in [1.29, 1.82) is 0 Å². The molecule has 1 aromatic rings. The van der Waals surface area contributed by atoms with E-state index >= 15 is 0 Å². The molecule has 2 unspecified atom stereocenters. The van der Waals surface area contributed by atoms with E-state index in [0.29, 0.717) is 5.75 Å². The van der Waals surface area contributed by atoms with Crippen LogP contribution >= 0.6 is 0 Å². The number of rotatable bonds is 3. The molecule has 0 bridgehead atoms. The van der Waals surface area contributed by atoms with E-state index < -0.39 is 4.92 Å². The Labute approximate surface area is 111 Å². The Hall–Kier alpha value is -1.62. The molecule has 2 atom stereocenters. The topological polar surface area (TPSA) is 78.4 Å². The van der Waals surface area contributed by atoms with Gasteiger partial charge in [-0.15, -0.1) is 0 Å². The number of non-ortho nitro benzene ring substituents is 1. The van der Waals surface area contributed by atoms with Crippen LogP contribution in [0.4, 0.5) is 5.69 Å². The molecule has 5 nitrogen and oxygen atoms in total. The summed E-state index contributed by atoms with van der Waals surface area (Å²) in [6, 6.07) is 6.63. The predicted molar refractivity (Wildman–Crippen MR) is 71.0 cm³/mol. The van der Waals surface area contributed by atoms with Gasteiger partial charge in [0.25, 0.3) is 5.69 Å². The number of hydrogen-bond donors (Lipinski definition) is 1. The van der Waals surface area contributed by atoms with Crippen LogP contribution in [0.3, 0.4) is 0 Å². The van der Waals surface area contributed by atoms with E-state index in [9.17, 15) is 10.1 Å². The van der Waals surface area contributed by atoms with Crippen LogP contribution in [0.2, 0.25) is 0 Å². The highest BCUT2D eigenvalue weighted by Crippen LogP contribution is 2.53. The first kappa shape index (κ1) is 12.4. The summed E-state index contributed by atoms with van der Waals surface area (Å²) in [5, 5.41) is 10.8. The first-order valence-corrected chi connectivity index (χ1v) is 6.78. The van der Waals surface area contributed by atoms with Crippen molar-refractivity contribution in [2.75, 3.05) is 0 Å². The molecule has 0 aliphatic heterocycles. The van der Waals surface area contributed by atoms with E-state index in [1.165, 1.54) is 25.0 Å². The molecule has 0 aromatic heterocycles. The summed E-state index contributed by atoms with van der Waals surface area (Å²) in [7, 11) is 0. The van der Waals surface area contributed by atoms with E-state index in [4.69, 9.17) is 10.5 Å². The van der Waals surface area contributed by atoms with Gasteiger partial charge in [-0.2, -0.15) is 0 Å². The van der Waals surface area contributed by atoms with E-state index in [-0.39, 0.29) is 23.2 Å². The Morgan fingerprint density at radius 1 is 1.37 bits per heavy atom. The summed E-state index contributed by atoms with van der Waals surface area (Å²) in [6.45, 7) is 0. The van der Waals surface area contributed by atoms with Gasteiger partial charge in [0.15, 0.2) is 0 Å². The van der Waals surface area contributed by atoms with Crippen molar-refractivity contribution in [3.63, 3.8) is 0 Å². The normalized spacial score (nSPS) is 28.1. The summed E-state index contributed by atoms with van der Waals surface area (Å²) in [5.74, 6) is 0.581. The zero-order valence-electron chi connectivity index (χ0n) is 10.7. The average Bonchev–Trinajstić information content (AvgIpc) is 2.91. The molecule has 2 fully saturated rings. The molecular formula is C14H18N2O3. The molecule has 1 aromatic carbocycles. The Kier molecular flexibility index (Phi) is 2.93. The van der Waals surface area contributed by atoms with Crippen molar-refractivity contribution < 1.29 is 9.66 Å². The maximum atomic E-state index is 10.8. The van der Waals surface area contributed by atoms with Gasteiger partial charge in [-0.1, -0.05) is 18.9 Å². The number of ether oxygens (including phenoxy) is 1. The van der Waals surface area contributed by atoms with Gasteiger partial charge in [-0.25, -0.2) is 0 Å². The van der Waals surface area contributed by atoms with Crippen LogP contribution < -0.4 is 10.5 Å². The lowest BCUT2D eigenvalue weighted by molar-refractivity contribution is -0.385. The smallest absolute Gasteiger partial charge is 0.273 e. The third kappa shape index (κ3) is 1.98. The summed E-state index contributed by atoms with van der Waals surface area (Å²) >= 11 is 0. The van der Waals surface area contributed by atoms with Gasteiger partial charge in [0.05, 0.1) is 11.0 Å². The fourth-order valence-electron chi connectivity index (χ4n) is 3.50. The van der Waals surface area contributed by atoms with Crippen LogP contribution in [-0.2, 0) is 0 Å². The van der Waals surface area contributed by atoms with Gasteiger partial charge in [0.2, 0.25) is 0 Å². The van der Waals surface area contributed by atoms with E-state index in [1.54, 1.807) is 12.1 Å². The average molecular weight is 262 g/mol. The summed E-state index contributed by atoms with van der Waals surface area (Å²) in [5.41, 5.74) is 6.34. The van der Waals surface area contributed by atoms with Gasteiger partial charge in [-0.05, 0) is 18.9 Å². The SMILES string of the molecule is NC1CC(Oc2cccc([N+](=O)[O-])c2)C12CCCC2. The quantitative estimate of drug-likeness (QED) is 0.671. The third-order valence-electron chi connectivity index (χ3n) is 4.69. The van der Waals surface area contributed by atoms with E-state index in [1.807, 2.05) is 0 Å². The maximum Gasteiger partial charge on any atom is 0.273 e. The molecular weight excluding hydrogens is 244 g/mol. The fraction of sp³-hybridized carbons (Fsp3) is 0.571. The number of nitro benzene ring substituents is 1. The Balaban J connectivity index is 1.75. The minimum absolute atomic E-state index is 0.0709. The number of nitrogens with two attached hydrogens (primary N) is 1. The zero-order valence-corrected chi connectivity index (χ0v) is 10.7. The maximum absolute atomic E-state index is 10.8. The highest BCUT2D eigenvalue weighted by Gasteiger charge is 2.56. The van der Waals surface area contributed by atoms with Crippen molar-refractivity contribution in [2.45, 2.75) is 44.2 Å². The summed E-state index contributed by atoms with van der Waals surface area (Å²) in [4.78, 5) is 10.4.